The fourth-order valence-corrected chi connectivity index (χ4v) is 3.64. The summed E-state index contributed by atoms with van der Waals surface area (Å²) in [5, 5.41) is 7.55. The SMILES string of the molecule is Cc1c(C(=O)NC2CCC(Oc3ccccn3)CC2)cnn1-c1ccccc1. The van der Waals surface area contributed by atoms with Crippen molar-refractivity contribution in [3.63, 3.8) is 0 Å². The second-order valence-electron chi connectivity index (χ2n) is 7.12. The van der Waals surface area contributed by atoms with Gasteiger partial charge in [0, 0.05) is 18.3 Å². The molecule has 0 saturated heterocycles. The highest BCUT2D eigenvalue weighted by molar-refractivity contribution is 5.95. The third-order valence-corrected chi connectivity index (χ3v) is 5.19. The van der Waals surface area contributed by atoms with E-state index in [1.165, 1.54) is 0 Å². The van der Waals surface area contributed by atoms with Crippen LogP contribution in [-0.2, 0) is 0 Å². The summed E-state index contributed by atoms with van der Waals surface area (Å²) < 4.78 is 7.73. The first-order valence-corrected chi connectivity index (χ1v) is 9.69. The number of nitrogens with zero attached hydrogens (tertiary/aromatic N) is 3. The zero-order valence-corrected chi connectivity index (χ0v) is 15.9. The van der Waals surface area contributed by atoms with Crippen molar-refractivity contribution in [1.82, 2.24) is 20.1 Å². The first kappa shape index (κ1) is 18.2. The van der Waals surface area contributed by atoms with Gasteiger partial charge in [-0.15, -0.1) is 0 Å². The highest BCUT2D eigenvalue weighted by Gasteiger charge is 2.25. The molecule has 6 nitrogen and oxygen atoms in total. The predicted molar refractivity (Wildman–Crippen MR) is 107 cm³/mol. The Morgan fingerprint density at radius 3 is 2.54 bits per heavy atom. The number of hydrogen-bond donors (Lipinski definition) is 1. The van der Waals surface area contributed by atoms with Gasteiger partial charge in [0.15, 0.2) is 0 Å². The minimum absolute atomic E-state index is 0.0613. The molecule has 0 unspecified atom stereocenters. The summed E-state index contributed by atoms with van der Waals surface area (Å²) in [5.74, 6) is 0.604. The van der Waals surface area contributed by atoms with E-state index in [1.54, 1.807) is 17.1 Å². The van der Waals surface area contributed by atoms with E-state index in [-0.39, 0.29) is 18.1 Å². The highest BCUT2D eigenvalue weighted by Crippen LogP contribution is 2.23. The predicted octanol–water partition coefficient (Wildman–Crippen LogP) is 3.70. The van der Waals surface area contributed by atoms with Gasteiger partial charge in [-0.1, -0.05) is 24.3 Å². The van der Waals surface area contributed by atoms with Crippen LogP contribution < -0.4 is 10.1 Å². The number of benzene rings is 1. The molecule has 0 spiro atoms. The van der Waals surface area contributed by atoms with Crippen molar-refractivity contribution in [2.45, 2.75) is 44.8 Å². The van der Waals surface area contributed by atoms with E-state index in [4.69, 9.17) is 4.74 Å². The van der Waals surface area contributed by atoms with E-state index in [2.05, 4.69) is 15.4 Å². The van der Waals surface area contributed by atoms with Crippen molar-refractivity contribution >= 4 is 5.91 Å². The Kier molecular flexibility index (Phi) is 5.37. The molecule has 144 valence electrons. The van der Waals surface area contributed by atoms with Crippen LogP contribution >= 0.6 is 0 Å². The molecule has 1 fully saturated rings. The van der Waals surface area contributed by atoms with Gasteiger partial charge in [0.1, 0.15) is 6.10 Å². The first-order chi connectivity index (χ1) is 13.7. The summed E-state index contributed by atoms with van der Waals surface area (Å²) in [7, 11) is 0. The van der Waals surface area contributed by atoms with Crippen LogP contribution in [0.5, 0.6) is 5.88 Å². The second-order valence-corrected chi connectivity index (χ2v) is 7.12. The Balaban J connectivity index is 1.33. The van der Waals surface area contributed by atoms with Gasteiger partial charge in [0.2, 0.25) is 5.88 Å². The molecule has 4 rings (SSSR count). The maximum absolute atomic E-state index is 12.7. The van der Waals surface area contributed by atoms with Crippen molar-refractivity contribution in [2.24, 2.45) is 0 Å². The molecule has 6 heteroatoms. The molecular formula is C22H24N4O2. The zero-order valence-electron chi connectivity index (χ0n) is 15.9. The second kappa shape index (κ2) is 8.25. The molecule has 0 aliphatic heterocycles. The number of pyridine rings is 1. The molecule has 0 radical (unpaired) electrons. The Morgan fingerprint density at radius 1 is 1.07 bits per heavy atom. The van der Waals surface area contributed by atoms with Crippen LogP contribution in [0.15, 0.2) is 60.9 Å². The zero-order chi connectivity index (χ0) is 19.3. The largest absolute Gasteiger partial charge is 0.474 e. The fraction of sp³-hybridized carbons (Fsp3) is 0.318. The standard InChI is InChI=1S/C22H24N4O2/c1-16-20(15-24-26(16)18-7-3-2-4-8-18)22(27)25-17-10-12-19(13-11-17)28-21-9-5-6-14-23-21/h2-9,14-15,17,19H,10-13H2,1H3,(H,25,27). The van der Waals surface area contributed by atoms with Gasteiger partial charge in [0.25, 0.3) is 5.91 Å². The van der Waals surface area contributed by atoms with Gasteiger partial charge in [0.05, 0.1) is 23.1 Å². The lowest BCUT2D eigenvalue weighted by molar-refractivity contribution is 0.0889. The van der Waals surface area contributed by atoms with E-state index < -0.39 is 0 Å². The molecule has 28 heavy (non-hydrogen) atoms. The molecule has 2 heterocycles. The van der Waals surface area contributed by atoms with Crippen LogP contribution in [0.25, 0.3) is 5.69 Å². The van der Waals surface area contributed by atoms with Gasteiger partial charge < -0.3 is 10.1 Å². The molecule has 1 aromatic carbocycles. The number of carbonyl (C=O) groups excluding carboxylic acids is 1. The van der Waals surface area contributed by atoms with E-state index in [9.17, 15) is 4.79 Å². The summed E-state index contributed by atoms with van der Waals surface area (Å²) in [6.07, 6.45) is 7.15. The lowest BCUT2D eigenvalue weighted by Crippen LogP contribution is -2.39. The molecule has 0 atom stereocenters. The summed E-state index contributed by atoms with van der Waals surface area (Å²) in [6.45, 7) is 1.92. The Bertz CT molecular complexity index is 916. The van der Waals surface area contributed by atoms with E-state index in [0.29, 0.717) is 11.4 Å². The maximum atomic E-state index is 12.7. The lowest BCUT2D eigenvalue weighted by Gasteiger charge is -2.29. The molecule has 1 aliphatic rings. The summed E-state index contributed by atoms with van der Waals surface area (Å²) in [6, 6.07) is 15.7. The number of rotatable bonds is 5. The van der Waals surface area contributed by atoms with Crippen LogP contribution in [0.4, 0.5) is 0 Å². The normalized spacial score (nSPS) is 19.2. The maximum Gasteiger partial charge on any atom is 0.254 e. The molecule has 1 amide bonds. The van der Waals surface area contributed by atoms with E-state index >= 15 is 0 Å². The van der Waals surface area contributed by atoms with Crippen molar-refractivity contribution in [2.75, 3.05) is 0 Å². The van der Waals surface area contributed by atoms with Crippen LogP contribution in [-0.4, -0.2) is 32.8 Å². The Morgan fingerprint density at radius 2 is 1.82 bits per heavy atom. The Hall–Kier alpha value is -3.15. The van der Waals surface area contributed by atoms with Crippen molar-refractivity contribution < 1.29 is 9.53 Å². The highest BCUT2D eigenvalue weighted by atomic mass is 16.5. The van der Waals surface area contributed by atoms with E-state index in [0.717, 1.165) is 37.1 Å². The topological polar surface area (TPSA) is 69.0 Å². The molecular weight excluding hydrogens is 352 g/mol. The molecule has 1 N–H and O–H groups in total. The van der Waals surface area contributed by atoms with E-state index in [1.807, 2.05) is 55.5 Å². The van der Waals surface area contributed by atoms with Gasteiger partial charge in [-0.25, -0.2) is 9.67 Å². The third kappa shape index (κ3) is 4.06. The number of hydrogen-bond acceptors (Lipinski definition) is 4. The quantitative estimate of drug-likeness (QED) is 0.737. The molecule has 3 aromatic rings. The molecule has 1 aliphatic carbocycles. The summed E-state index contributed by atoms with van der Waals surface area (Å²) in [4.78, 5) is 17.0. The summed E-state index contributed by atoms with van der Waals surface area (Å²) >= 11 is 0. The molecule has 0 bridgehead atoms. The number of carbonyl (C=O) groups is 1. The monoisotopic (exact) mass is 376 g/mol. The average Bonchev–Trinajstić information content (AvgIpc) is 3.12. The van der Waals surface area contributed by atoms with Crippen LogP contribution in [0.1, 0.15) is 41.7 Å². The number of amides is 1. The van der Waals surface area contributed by atoms with Gasteiger partial charge in [-0.2, -0.15) is 5.10 Å². The average molecular weight is 376 g/mol. The molecule has 2 aromatic heterocycles. The molecule has 1 saturated carbocycles. The van der Waals surface area contributed by atoms with Crippen molar-refractivity contribution in [3.8, 4) is 11.6 Å². The van der Waals surface area contributed by atoms with Crippen LogP contribution in [0, 0.1) is 6.92 Å². The van der Waals surface area contributed by atoms with Crippen LogP contribution in [0.2, 0.25) is 0 Å². The Labute approximate surface area is 164 Å². The smallest absolute Gasteiger partial charge is 0.254 e. The van der Waals surface area contributed by atoms with Crippen molar-refractivity contribution in [3.05, 3.63) is 72.2 Å². The van der Waals surface area contributed by atoms with Gasteiger partial charge >= 0.3 is 0 Å². The minimum atomic E-state index is -0.0613. The minimum Gasteiger partial charge on any atom is -0.474 e. The number of ether oxygens (including phenoxy) is 1. The third-order valence-electron chi connectivity index (χ3n) is 5.19. The first-order valence-electron chi connectivity index (χ1n) is 9.69. The van der Waals surface area contributed by atoms with Gasteiger partial charge in [-0.05, 0) is 50.8 Å². The van der Waals surface area contributed by atoms with Gasteiger partial charge in [-0.3, -0.25) is 4.79 Å². The number of aromatic nitrogens is 3. The number of para-hydroxylation sites is 1. The fourth-order valence-electron chi connectivity index (χ4n) is 3.64. The lowest BCUT2D eigenvalue weighted by atomic mass is 9.92. The summed E-state index contributed by atoms with van der Waals surface area (Å²) in [5.41, 5.74) is 2.41. The van der Waals surface area contributed by atoms with Crippen molar-refractivity contribution in [1.29, 1.82) is 0 Å². The number of nitrogens with one attached hydrogen (secondary N) is 1. The van der Waals surface area contributed by atoms with Crippen LogP contribution in [0.3, 0.4) is 0 Å².